The van der Waals surface area contributed by atoms with Crippen LogP contribution in [0, 0.1) is 0 Å². The second-order valence-electron chi connectivity index (χ2n) is 4.25. The largest absolute Gasteiger partial charge is 0.489 e. The second kappa shape index (κ2) is 6.40. The molecule has 1 heterocycles. The molecule has 4 N–H and O–H groups in total. The summed E-state index contributed by atoms with van der Waals surface area (Å²) in [6.45, 7) is 2.63. The number of rotatable bonds is 6. The molecule has 1 aromatic heterocycles. The molecule has 0 spiro atoms. The highest BCUT2D eigenvalue weighted by molar-refractivity contribution is 14.1. The van der Waals surface area contributed by atoms with Gasteiger partial charge in [0.25, 0.3) is 0 Å². The van der Waals surface area contributed by atoms with Crippen LogP contribution < -0.4 is 15.7 Å². The number of halogens is 1. The molecule has 2 atom stereocenters. The Morgan fingerprint density at radius 1 is 1.47 bits per heavy atom. The van der Waals surface area contributed by atoms with Crippen LogP contribution in [0.5, 0.6) is 5.75 Å². The Hall–Kier alpha value is -1.06. The van der Waals surface area contributed by atoms with E-state index in [0.717, 1.165) is 0 Å². The first-order valence-corrected chi connectivity index (χ1v) is 7.20. The minimum atomic E-state index is -0.599. The summed E-state index contributed by atoms with van der Waals surface area (Å²) in [4.78, 5) is 16.6. The van der Waals surface area contributed by atoms with Crippen molar-refractivity contribution in [3.63, 3.8) is 0 Å². The number of hydrogen-bond acceptors (Lipinski definition) is 4. The van der Waals surface area contributed by atoms with E-state index in [-0.39, 0.29) is 16.3 Å². The van der Waals surface area contributed by atoms with Crippen molar-refractivity contribution >= 4 is 33.6 Å². The first kappa shape index (κ1) is 14.4. The maximum Gasteiger partial charge on any atom is 0.323 e. The smallest absolute Gasteiger partial charge is 0.323 e. The second-order valence-corrected chi connectivity index (χ2v) is 6.12. The van der Waals surface area contributed by atoms with E-state index in [1.165, 1.54) is 0 Å². The summed E-state index contributed by atoms with van der Waals surface area (Å²) in [6, 6.07) is 5.34. The quantitative estimate of drug-likeness (QED) is 0.343. The van der Waals surface area contributed by atoms with Crippen molar-refractivity contribution in [2.24, 2.45) is 0 Å². The van der Waals surface area contributed by atoms with Gasteiger partial charge in [0.2, 0.25) is 0 Å². The zero-order valence-electron chi connectivity index (χ0n) is 10.4. The van der Waals surface area contributed by atoms with E-state index in [0.29, 0.717) is 23.3 Å². The molecule has 104 valence electrons. The lowest BCUT2D eigenvalue weighted by Gasteiger charge is -2.14. The monoisotopic (exact) mass is 377 g/mol. The third-order valence-corrected chi connectivity index (χ3v) is 3.02. The highest BCUT2D eigenvalue weighted by atomic mass is 127. The molecule has 2 rings (SSSR count). The number of para-hydroxylation sites is 1. The highest BCUT2D eigenvalue weighted by Gasteiger charge is 2.09. The van der Waals surface area contributed by atoms with Gasteiger partial charge in [-0.25, -0.2) is 4.79 Å². The van der Waals surface area contributed by atoms with Crippen molar-refractivity contribution in [2.75, 3.05) is 13.2 Å². The maximum absolute atomic E-state index is 11.2. The average Bonchev–Trinajstić information content (AvgIpc) is 2.74. The Balaban J connectivity index is 1.99. The SMILES string of the molecule is CC(I)NC[C@H](O)COc1cccc2[nH]c(=O)[nH]c12. The van der Waals surface area contributed by atoms with E-state index in [9.17, 15) is 9.90 Å². The van der Waals surface area contributed by atoms with Crippen molar-refractivity contribution in [1.29, 1.82) is 0 Å². The van der Waals surface area contributed by atoms with Gasteiger partial charge in [0.05, 0.1) is 9.57 Å². The third kappa shape index (κ3) is 3.95. The van der Waals surface area contributed by atoms with Crippen LogP contribution in [0.15, 0.2) is 23.0 Å². The van der Waals surface area contributed by atoms with E-state index >= 15 is 0 Å². The molecule has 1 unspecified atom stereocenters. The first-order valence-electron chi connectivity index (χ1n) is 5.95. The van der Waals surface area contributed by atoms with Crippen molar-refractivity contribution in [2.45, 2.75) is 17.1 Å². The molecular weight excluding hydrogens is 361 g/mol. The minimum absolute atomic E-state index is 0.169. The summed E-state index contributed by atoms with van der Waals surface area (Å²) >= 11 is 2.22. The molecule has 0 fully saturated rings. The number of benzene rings is 1. The molecule has 19 heavy (non-hydrogen) atoms. The number of hydrogen-bond donors (Lipinski definition) is 4. The number of ether oxygens (including phenoxy) is 1. The van der Waals surface area contributed by atoms with Crippen LogP contribution in [0.4, 0.5) is 0 Å². The highest BCUT2D eigenvalue weighted by Crippen LogP contribution is 2.20. The first-order chi connectivity index (χ1) is 9.06. The molecule has 0 amide bonds. The van der Waals surface area contributed by atoms with Crippen LogP contribution in [-0.4, -0.2) is 38.4 Å². The lowest BCUT2D eigenvalue weighted by molar-refractivity contribution is 0.107. The predicted octanol–water partition coefficient (Wildman–Crippen LogP) is 0.966. The number of fused-ring (bicyclic) bond motifs is 1. The number of nitrogens with one attached hydrogen (secondary N) is 3. The summed E-state index contributed by atoms with van der Waals surface area (Å²) < 4.78 is 5.83. The van der Waals surface area contributed by atoms with E-state index in [4.69, 9.17) is 4.74 Å². The molecule has 1 aromatic carbocycles. The summed E-state index contributed by atoms with van der Waals surface area (Å²) in [6.07, 6.45) is -0.599. The van der Waals surface area contributed by atoms with Gasteiger partial charge in [0.15, 0.2) is 0 Å². The number of alkyl halides is 1. The van der Waals surface area contributed by atoms with Gasteiger partial charge in [-0.05, 0) is 19.1 Å². The number of aliphatic hydroxyl groups is 1. The van der Waals surface area contributed by atoms with Gasteiger partial charge in [-0.1, -0.05) is 28.7 Å². The van der Waals surface area contributed by atoms with Gasteiger partial charge >= 0.3 is 5.69 Å². The zero-order valence-corrected chi connectivity index (χ0v) is 12.6. The molecule has 6 nitrogen and oxygen atoms in total. The number of aromatic nitrogens is 2. The molecule has 0 saturated heterocycles. The summed E-state index contributed by atoms with van der Waals surface area (Å²) in [5, 5.41) is 12.9. The van der Waals surface area contributed by atoms with Crippen LogP contribution in [0.2, 0.25) is 0 Å². The predicted molar refractivity (Wildman–Crippen MR) is 81.9 cm³/mol. The van der Waals surface area contributed by atoms with Crippen molar-refractivity contribution in [1.82, 2.24) is 15.3 Å². The van der Waals surface area contributed by atoms with Crippen LogP contribution in [0.3, 0.4) is 0 Å². The topological polar surface area (TPSA) is 90.1 Å². The summed E-state index contributed by atoms with van der Waals surface area (Å²) in [5.74, 6) is 0.553. The molecule has 0 bridgehead atoms. The van der Waals surface area contributed by atoms with Gasteiger partial charge in [-0.2, -0.15) is 0 Å². The summed E-state index contributed by atoms with van der Waals surface area (Å²) in [5.41, 5.74) is 1.04. The fourth-order valence-corrected chi connectivity index (χ4v) is 1.95. The number of aromatic amines is 2. The zero-order chi connectivity index (χ0) is 13.8. The van der Waals surface area contributed by atoms with Gasteiger partial charge in [0.1, 0.15) is 24.0 Å². The fourth-order valence-electron chi connectivity index (χ4n) is 1.69. The number of H-pyrrole nitrogens is 2. The fraction of sp³-hybridized carbons (Fsp3) is 0.417. The van der Waals surface area contributed by atoms with E-state index in [1.807, 2.05) is 6.92 Å². The van der Waals surface area contributed by atoms with E-state index in [2.05, 4.69) is 37.9 Å². The molecule has 0 aliphatic carbocycles. The van der Waals surface area contributed by atoms with Crippen LogP contribution in [0.25, 0.3) is 11.0 Å². The molecule has 0 saturated carbocycles. The van der Waals surface area contributed by atoms with Crippen LogP contribution in [0.1, 0.15) is 6.92 Å². The average molecular weight is 377 g/mol. The third-order valence-electron chi connectivity index (χ3n) is 2.58. The van der Waals surface area contributed by atoms with Gasteiger partial charge in [-0.3, -0.25) is 0 Å². The van der Waals surface area contributed by atoms with Crippen LogP contribution >= 0.6 is 22.6 Å². The minimum Gasteiger partial charge on any atom is -0.489 e. The summed E-state index contributed by atoms with van der Waals surface area (Å²) in [7, 11) is 0. The van der Waals surface area contributed by atoms with E-state index in [1.54, 1.807) is 18.2 Å². The standard InChI is InChI=1S/C12H16IN3O3/c1-7(13)14-5-8(17)6-19-10-4-2-3-9-11(10)16-12(18)15-9/h2-4,7-8,14,17H,5-6H2,1H3,(H2,15,16,18)/t7?,8-/m0/s1. The lowest BCUT2D eigenvalue weighted by Crippen LogP contribution is -2.34. The van der Waals surface area contributed by atoms with Crippen molar-refractivity contribution < 1.29 is 9.84 Å². The number of imidazole rings is 1. The molecule has 0 aliphatic rings. The Morgan fingerprint density at radius 3 is 3.00 bits per heavy atom. The molecule has 7 heteroatoms. The normalized spacial score (nSPS) is 14.5. The van der Waals surface area contributed by atoms with Gasteiger partial charge < -0.3 is 25.1 Å². The Morgan fingerprint density at radius 2 is 2.26 bits per heavy atom. The molecule has 0 aliphatic heterocycles. The Kier molecular flexibility index (Phi) is 4.83. The lowest BCUT2D eigenvalue weighted by atomic mass is 10.3. The van der Waals surface area contributed by atoms with Gasteiger partial charge in [-0.15, -0.1) is 0 Å². The molecular formula is C12H16IN3O3. The maximum atomic E-state index is 11.2. The Bertz CT molecular complexity index is 593. The molecule has 0 radical (unpaired) electrons. The van der Waals surface area contributed by atoms with Crippen molar-refractivity contribution in [3.8, 4) is 5.75 Å². The molecule has 2 aromatic rings. The van der Waals surface area contributed by atoms with Gasteiger partial charge in [0, 0.05) is 6.54 Å². The van der Waals surface area contributed by atoms with Crippen LogP contribution in [-0.2, 0) is 0 Å². The van der Waals surface area contributed by atoms with Crippen molar-refractivity contribution in [3.05, 3.63) is 28.7 Å². The van der Waals surface area contributed by atoms with E-state index < -0.39 is 6.10 Å². The Labute approximate surface area is 123 Å². The number of aliphatic hydroxyl groups excluding tert-OH is 1.